The Bertz CT molecular complexity index is 789. The average molecular weight is 343 g/mol. The second kappa shape index (κ2) is 6.21. The van der Waals surface area contributed by atoms with Crippen LogP contribution in [0.5, 0.6) is 0 Å². The molecular weight excluding hydrogens is 328 g/mol. The molecule has 3 rings (SSSR count). The molecule has 4 nitrogen and oxygen atoms in total. The Morgan fingerprint density at radius 1 is 1.00 bits per heavy atom. The molecule has 0 N–H and O–H groups in total. The lowest BCUT2D eigenvalue weighted by atomic mass is 9.73. The molecule has 0 bridgehead atoms. The number of halogens is 1. The van der Waals surface area contributed by atoms with Gasteiger partial charge in [0, 0.05) is 16.1 Å². The van der Waals surface area contributed by atoms with Crippen LogP contribution in [-0.2, 0) is 14.9 Å². The van der Waals surface area contributed by atoms with Gasteiger partial charge in [0.1, 0.15) is 5.41 Å². The number of ketones is 2. The normalized spacial score (nSPS) is 15.2. The van der Waals surface area contributed by atoms with Crippen LogP contribution in [0.4, 0.5) is 0 Å². The maximum absolute atomic E-state index is 13.1. The molecule has 122 valence electrons. The molecule has 0 atom stereocenters. The highest BCUT2D eigenvalue weighted by Crippen LogP contribution is 2.42. The number of esters is 1. The van der Waals surface area contributed by atoms with Gasteiger partial charge in [0.15, 0.2) is 11.6 Å². The number of hydrogen-bond acceptors (Lipinski definition) is 4. The van der Waals surface area contributed by atoms with Crippen LogP contribution in [0.1, 0.15) is 39.6 Å². The fraction of sp³-hybridized carbons (Fsp3) is 0.211. The molecular formula is C19H15ClO4. The van der Waals surface area contributed by atoms with Gasteiger partial charge in [-0.3, -0.25) is 14.4 Å². The molecule has 0 aliphatic heterocycles. The smallest absolute Gasteiger partial charge is 0.307 e. The summed E-state index contributed by atoms with van der Waals surface area (Å²) in [7, 11) is 0. The van der Waals surface area contributed by atoms with E-state index in [1.54, 1.807) is 55.5 Å². The third-order valence-corrected chi connectivity index (χ3v) is 4.50. The SMILES string of the molecule is CCOC(=O)CC1(c2ccc(Cl)cc2)C(=O)c2ccccc2C1=O. The van der Waals surface area contributed by atoms with E-state index in [1.807, 2.05) is 0 Å². The molecule has 0 heterocycles. The second-order valence-electron chi connectivity index (χ2n) is 5.60. The zero-order valence-corrected chi connectivity index (χ0v) is 13.8. The number of carbonyl (C=O) groups excluding carboxylic acids is 3. The Hall–Kier alpha value is -2.46. The van der Waals surface area contributed by atoms with Crippen LogP contribution >= 0.6 is 11.6 Å². The van der Waals surface area contributed by atoms with E-state index >= 15 is 0 Å². The maximum Gasteiger partial charge on any atom is 0.307 e. The Kier molecular flexibility index (Phi) is 4.24. The molecule has 0 fully saturated rings. The standard InChI is InChI=1S/C19H15ClO4/c1-2-24-16(21)11-19(12-7-9-13(20)10-8-12)17(22)14-5-3-4-6-15(14)18(19)23/h3-10H,2,11H2,1H3. The van der Waals surface area contributed by atoms with Crippen molar-refractivity contribution in [1.82, 2.24) is 0 Å². The van der Waals surface area contributed by atoms with Gasteiger partial charge < -0.3 is 4.74 Å². The van der Waals surface area contributed by atoms with Crippen molar-refractivity contribution in [3.05, 3.63) is 70.2 Å². The van der Waals surface area contributed by atoms with E-state index in [2.05, 4.69) is 0 Å². The molecule has 1 aliphatic carbocycles. The van der Waals surface area contributed by atoms with Crippen LogP contribution in [0.3, 0.4) is 0 Å². The molecule has 5 heteroatoms. The molecule has 0 saturated heterocycles. The van der Waals surface area contributed by atoms with Gasteiger partial charge in [0.25, 0.3) is 0 Å². The predicted molar refractivity (Wildman–Crippen MR) is 89.5 cm³/mol. The van der Waals surface area contributed by atoms with Gasteiger partial charge in [-0.2, -0.15) is 0 Å². The summed E-state index contributed by atoms with van der Waals surface area (Å²) < 4.78 is 5.00. The minimum absolute atomic E-state index is 0.185. The number of ether oxygens (including phenoxy) is 1. The van der Waals surface area contributed by atoms with Gasteiger partial charge in [-0.15, -0.1) is 0 Å². The quantitative estimate of drug-likeness (QED) is 0.629. The third-order valence-electron chi connectivity index (χ3n) is 4.24. The van der Waals surface area contributed by atoms with Gasteiger partial charge >= 0.3 is 5.97 Å². The van der Waals surface area contributed by atoms with Crippen LogP contribution < -0.4 is 0 Å². The van der Waals surface area contributed by atoms with Crippen molar-refractivity contribution in [3.63, 3.8) is 0 Å². The maximum atomic E-state index is 13.1. The highest BCUT2D eigenvalue weighted by atomic mass is 35.5. The molecule has 0 spiro atoms. The van der Waals surface area contributed by atoms with Crippen molar-refractivity contribution in [1.29, 1.82) is 0 Å². The molecule has 2 aromatic rings. The fourth-order valence-corrected chi connectivity index (χ4v) is 3.26. The van der Waals surface area contributed by atoms with Crippen molar-refractivity contribution in [2.24, 2.45) is 0 Å². The number of rotatable bonds is 4. The summed E-state index contributed by atoms with van der Waals surface area (Å²) in [5.74, 6) is -1.33. The molecule has 2 aromatic carbocycles. The van der Waals surface area contributed by atoms with Crippen molar-refractivity contribution in [2.75, 3.05) is 6.61 Å². The van der Waals surface area contributed by atoms with Gasteiger partial charge in [-0.1, -0.05) is 48.0 Å². The lowest BCUT2D eigenvalue weighted by Gasteiger charge is -2.25. The number of carbonyl (C=O) groups is 3. The van der Waals surface area contributed by atoms with Crippen LogP contribution in [0.15, 0.2) is 48.5 Å². The molecule has 1 aliphatic rings. The summed E-state index contributed by atoms with van der Waals surface area (Å²) in [6.45, 7) is 1.87. The van der Waals surface area contributed by atoms with Crippen LogP contribution in [-0.4, -0.2) is 24.1 Å². The Balaban J connectivity index is 2.17. The number of Topliss-reactive ketones (excluding diaryl/α,β-unsaturated/α-hetero) is 2. The van der Waals surface area contributed by atoms with E-state index in [1.165, 1.54) is 0 Å². The molecule has 0 aromatic heterocycles. The lowest BCUT2D eigenvalue weighted by molar-refractivity contribution is -0.143. The van der Waals surface area contributed by atoms with Crippen molar-refractivity contribution < 1.29 is 19.1 Å². The van der Waals surface area contributed by atoms with Gasteiger partial charge in [-0.25, -0.2) is 0 Å². The first-order valence-corrected chi connectivity index (χ1v) is 7.99. The summed E-state index contributed by atoms with van der Waals surface area (Å²) in [6.07, 6.45) is -0.325. The molecule has 0 saturated carbocycles. The first kappa shape index (κ1) is 16.4. The molecule has 0 amide bonds. The molecule has 24 heavy (non-hydrogen) atoms. The highest BCUT2D eigenvalue weighted by molar-refractivity contribution is 6.34. The lowest BCUT2D eigenvalue weighted by Crippen LogP contribution is -2.41. The summed E-state index contributed by atoms with van der Waals surface area (Å²) in [5, 5.41) is 0.487. The monoisotopic (exact) mass is 342 g/mol. The predicted octanol–water partition coefficient (Wildman–Crippen LogP) is 3.61. The average Bonchev–Trinajstić information content (AvgIpc) is 2.79. The molecule has 0 unspecified atom stereocenters. The van der Waals surface area contributed by atoms with E-state index in [9.17, 15) is 14.4 Å². The number of benzene rings is 2. The van der Waals surface area contributed by atoms with E-state index in [0.717, 1.165) is 0 Å². The fourth-order valence-electron chi connectivity index (χ4n) is 3.13. The van der Waals surface area contributed by atoms with Gasteiger partial charge in [0.05, 0.1) is 13.0 Å². The second-order valence-corrected chi connectivity index (χ2v) is 6.03. The summed E-state index contributed by atoms with van der Waals surface area (Å²) in [6, 6.07) is 13.1. The Labute approximate surface area is 144 Å². The Morgan fingerprint density at radius 2 is 1.54 bits per heavy atom. The minimum Gasteiger partial charge on any atom is -0.466 e. The third kappa shape index (κ3) is 2.43. The van der Waals surface area contributed by atoms with Crippen LogP contribution in [0.25, 0.3) is 0 Å². The number of hydrogen-bond donors (Lipinski definition) is 0. The summed E-state index contributed by atoms with van der Waals surface area (Å²) >= 11 is 5.92. The van der Waals surface area contributed by atoms with E-state index in [-0.39, 0.29) is 24.6 Å². The van der Waals surface area contributed by atoms with Gasteiger partial charge in [0.2, 0.25) is 0 Å². The first-order chi connectivity index (χ1) is 11.5. The van der Waals surface area contributed by atoms with E-state index < -0.39 is 11.4 Å². The largest absolute Gasteiger partial charge is 0.466 e. The topological polar surface area (TPSA) is 60.4 Å². The van der Waals surface area contributed by atoms with Crippen molar-refractivity contribution in [3.8, 4) is 0 Å². The van der Waals surface area contributed by atoms with Crippen LogP contribution in [0.2, 0.25) is 5.02 Å². The van der Waals surface area contributed by atoms with Crippen LogP contribution in [0, 0.1) is 0 Å². The first-order valence-electron chi connectivity index (χ1n) is 7.61. The van der Waals surface area contributed by atoms with Crippen molar-refractivity contribution >= 4 is 29.1 Å². The van der Waals surface area contributed by atoms with Gasteiger partial charge in [-0.05, 0) is 24.6 Å². The zero-order valence-electron chi connectivity index (χ0n) is 13.0. The molecule has 0 radical (unpaired) electrons. The minimum atomic E-state index is -1.58. The number of fused-ring (bicyclic) bond motifs is 1. The van der Waals surface area contributed by atoms with E-state index in [4.69, 9.17) is 16.3 Å². The summed E-state index contributed by atoms with van der Waals surface area (Å²) in [4.78, 5) is 38.3. The zero-order chi connectivity index (χ0) is 17.3. The highest BCUT2D eigenvalue weighted by Gasteiger charge is 2.55. The Morgan fingerprint density at radius 3 is 2.04 bits per heavy atom. The summed E-state index contributed by atoms with van der Waals surface area (Å²) in [5.41, 5.74) is -0.463. The van der Waals surface area contributed by atoms with Crippen molar-refractivity contribution in [2.45, 2.75) is 18.8 Å². The van der Waals surface area contributed by atoms with E-state index in [0.29, 0.717) is 21.7 Å².